The Morgan fingerprint density at radius 2 is 2.21 bits per heavy atom. The number of carbonyl (C=O) groups is 1. The van der Waals surface area contributed by atoms with Crippen LogP contribution in [0.4, 0.5) is 11.4 Å². The SMILES string of the molecule is CNc1cccc(C(=O)NCCCSC)c1[N+](=O)[O-]. The molecule has 0 unspecified atom stereocenters. The molecule has 0 saturated heterocycles. The normalized spacial score (nSPS) is 10.0. The summed E-state index contributed by atoms with van der Waals surface area (Å²) in [5.41, 5.74) is 0.232. The molecule has 0 fully saturated rings. The van der Waals surface area contributed by atoms with Crippen molar-refractivity contribution in [2.24, 2.45) is 0 Å². The van der Waals surface area contributed by atoms with Crippen LogP contribution in [-0.4, -0.2) is 36.4 Å². The molecule has 0 saturated carbocycles. The number of nitro benzene ring substituents is 1. The van der Waals surface area contributed by atoms with E-state index in [0.29, 0.717) is 12.2 Å². The van der Waals surface area contributed by atoms with E-state index in [9.17, 15) is 14.9 Å². The first-order chi connectivity index (χ1) is 9.11. The molecule has 2 N–H and O–H groups in total. The van der Waals surface area contributed by atoms with Crippen LogP contribution in [0, 0.1) is 10.1 Å². The summed E-state index contributed by atoms with van der Waals surface area (Å²) in [7, 11) is 1.59. The van der Waals surface area contributed by atoms with Crippen molar-refractivity contribution in [1.29, 1.82) is 0 Å². The van der Waals surface area contributed by atoms with Gasteiger partial charge in [-0.2, -0.15) is 11.8 Å². The predicted molar refractivity (Wildman–Crippen MR) is 78.0 cm³/mol. The molecular formula is C12H17N3O3S. The number of hydrogen-bond acceptors (Lipinski definition) is 5. The highest BCUT2D eigenvalue weighted by Crippen LogP contribution is 2.28. The van der Waals surface area contributed by atoms with Gasteiger partial charge in [-0.3, -0.25) is 14.9 Å². The van der Waals surface area contributed by atoms with Gasteiger partial charge in [-0.1, -0.05) is 6.07 Å². The molecule has 0 aliphatic carbocycles. The highest BCUT2D eigenvalue weighted by Gasteiger charge is 2.23. The summed E-state index contributed by atoms with van der Waals surface area (Å²) in [6, 6.07) is 4.65. The fourth-order valence-corrected chi connectivity index (χ4v) is 2.07. The Hall–Kier alpha value is -1.76. The Balaban J connectivity index is 2.87. The second-order valence-electron chi connectivity index (χ2n) is 3.81. The average molecular weight is 283 g/mol. The van der Waals surface area contributed by atoms with Crippen LogP contribution in [0.2, 0.25) is 0 Å². The first-order valence-electron chi connectivity index (χ1n) is 5.84. The van der Waals surface area contributed by atoms with Crippen LogP contribution in [-0.2, 0) is 0 Å². The molecule has 0 heterocycles. The summed E-state index contributed by atoms with van der Waals surface area (Å²) >= 11 is 1.69. The van der Waals surface area contributed by atoms with Crippen molar-refractivity contribution in [1.82, 2.24) is 5.32 Å². The summed E-state index contributed by atoms with van der Waals surface area (Å²) in [5.74, 6) is 0.531. The van der Waals surface area contributed by atoms with Crippen molar-refractivity contribution in [2.45, 2.75) is 6.42 Å². The van der Waals surface area contributed by atoms with Gasteiger partial charge in [-0.25, -0.2) is 0 Å². The summed E-state index contributed by atoms with van der Waals surface area (Å²) in [4.78, 5) is 22.5. The van der Waals surface area contributed by atoms with Crippen molar-refractivity contribution < 1.29 is 9.72 Å². The van der Waals surface area contributed by atoms with Gasteiger partial charge in [-0.05, 0) is 30.6 Å². The topological polar surface area (TPSA) is 84.3 Å². The maximum Gasteiger partial charge on any atom is 0.305 e. The van der Waals surface area contributed by atoms with E-state index >= 15 is 0 Å². The Labute approximate surface area is 116 Å². The van der Waals surface area contributed by atoms with Crippen molar-refractivity contribution in [3.63, 3.8) is 0 Å². The highest BCUT2D eigenvalue weighted by atomic mass is 32.2. The molecule has 1 aromatic carbocycles. The molecule has 19 heavy (non-hydrogen) atoms. The molecule has 104 valence electrons. The first-order valence-corrected chi connectivity index (χ1v) is 7.23. The minimum atomic E-state index is -0.539. The van der Waals surface area contributed by atoms with Crippen LogP contribution >= 0.6 is 11.8 Å². The molecule has 1 rings (SSSR count). The number of amides is 1. The van der Waals surface area contributed by atoms with E-state index in [0.717, 1.165) is 12.2 Å². The molecule has 0 aliphatic rings. The fourth-order valence-electron chi connectivity index (χ4n) is 1.64. The Kier molecular flexibility index (Phi) is 6.14. The maximum atomic E-state index is 12.0. The van der Waals surface area contributed by atoms with E-state index < -0.39 is 10.8 Å². The number of para-hydroxylation sites is 1. The molecule has 0 aromatic heterocycles. The third-order valence-electron chi connectivity index (χ3n) is 2.54. The third-order valence-corrected chi connectivity index (χ3v) is 3.24. The number of hydrogen-bond donors (Lipinski definition) is 2. The quantitative estimate of drug-likeness (QED) is 0.455. The molecule has 1 aromatic rings. The molecule has 7 heteroatoms. The molecule has 0 radical (unpaired) electrons. The summed E-state index contributed by atoms with van der Waals surface area (Å²) < 4.78 is 0. The van der Waals surface area contributed by atoms with E-state index in [1.54, 1.807) is 30.9 Å². The van der Waals surface area contributed by atoms with Crippen LogP contribution < -0.4 is 10.6 Å². The second kappa shape index (κ2) is 7.63. The Morgan fingerprint density at radius 3 is 2.79 bits per heavy atom. The number of anilines is 1. The standard InChI is InChI=1S/C12H17N3O3S/c1-13-10-6-3-5-9(11(10)15(17)18)12(16)14-7-4-8-19-2/h3,5-6,13H,4,7-8H2,1-2H3,(H,14,16). The smallest absolute Gasteiger partial charge is 0.305 e. The summed E-state index contributed by atoms with van der Waals surface area (Å²) in [6.45, 7) is 0.514. The van der Waals surface area contributed by atoms with Gasteiger partial charge in [0.15, 0.2) is 0 Å². The van der Waals surface area contributed by atoms with Crippen LogP contribution in [0.25, 0.3) is 0 Å². The highest BCUT2D eigenvalue weighted by molar-refractivity contribution is 7.98. The third kappa shape index (κ3) is 4.13. The lowest BCUT2D eigenvalue weighted by molar-refractivity contribution is -0.384. The number of carbonyl (C=O) groups excluding carboxylic acids is 1. The Morgan fingerprint density at radius 1 is 1.47 bits per heavy atom. The summed E-state index contributed by atoms with van der Waals surface area (Å²) in [6.07, 6.45) is 2.83. The van der Waals surface area contributed by atoms with E-state index in [1.807, 2.05) is 6.26 Å². The predicted octanol–water partition coefficient (Wildman–Crippen LogP) is 2.12. The number of nitro groups is 1. The van der Waals surface area contributed by atoms with Gasteiger partial charge in [0.05, 0.1) is 4.92 Å². The zero-order valence-electron chi connectivity index (χ0n) is 10.9. The molecule has 0 spiro atoms. The average Bonchev–Trinajstić information content (AvgIpc) is 2.42. The summed E-state index contributed by atoms with van der Waals surface area (Å²) in [5, 5.41) is 16.5. The number of thioether (sulfide) groups is 1. The van der Waals surface area contributed by atoms with Crippen LogP contribution in [0.3, 0.4) is 0 Å². The lowest BCUT2D eigenvalue weighted by Crippen LogP contribution is -2.25. The number of rotatable bonds is 7. The van der Waals surface area contributed by atoms with Gasteiger partial charge in [0.2, 0.25) is 0 Å². The lowest BCUT2D eigenvalue weighted by Gasteiger charge is -2.08. The van der Waals surface area contributed by atoms with E-state index in [2.05, 4.69) is 10.6 Å². The van der Waals surface area contributed by atoms with Crippen LogP contribution in [0.1, 0.15) is 16.8 Å². The lowest BCUT2D eigenvalue weighted by atomic mass is 10.1. The van der Waals surface area contributed by atoms with Gasteiger partial charge < -0.3 is 10.6 Å². The molecular weight excluding hydrogens is 266 g/mol. The maximum absolute atomic E-state index is 12.0. The van der Waals surface area contributed by atoms with Crippen LogP contribution in [0.5, 0.6) is 0 Å². The minimum Gasteiger partial charge on any atom is -0.383 e. The second-order valence-corrected chi connectivity index (χ2v) is 4.80. The number of nitrogens with one attached hydrogen (secondary N) is 2. The molecule has 1 amide bonds. The molecule has 0 bridgehead atoms. The van der Waals surface area contributed by atoms with E-state index in [1.165, 1.54) is 6.07 Å². The van der Waals surface area contributed by atoms with Crippen molar-refractivity contribution in [3.8, 4) is 0 Å². The van der Waals surface area contributed by atoms with Gasteiger partial charge >= 0.3 is 5.69 Å². The zero-order valence-corrected chi connectivity index (χ0v) is 11.8. The molecule has 6 nitrogen and oxygen atoms in total. The molecule has 0 atom stereocenters. The van der Waals surface area contributed by atoms with E-state index in [-0.39, 0.29) is 11.3 Å². The Bertz CT molecular complexity index is 466. The van der Waals surface area contributed by atoms with Gasteiger partial charge in [0, 0.05) is 13.6 Å². The first kappa shape index (κ1) is 15.3. The zero-order chi connectivity index (χ0) is 14.3. The monoisotopic (exact) mass is 283 g/mol. The number of nitrogens with zero attached hydrogens (tertiary/aromatic N) is 1. The van der Waals surface area contributed by atoms with Crippen molar-refractivity contribution in [2.75, 3.05) is 30.9 Å². The minimum absolute atomic E-state index is 0.0843. The van der Waals surface area contributed by atoms with E-state index in [4.69, 9.17) is 0 Å². The van der Waals surface area contributed by atoms with Gasteiger partial charge in [-0.15, -0.1) is 0 Å². The van der Waals surface area contributed by atoms with Gasteiger partial charge in [0.25, 0.3) is 5.91 Å². The van der Waals surface area contributed by atoms with Gasteiger partial charge in [0.1, 0.15) is 11.3 Å². The largest absolute Gasteiger partial charge is 0.383 e. The molecule has 0 aliphatic heterocycles. The fraction of sp³-hybridized carbons (Fsp3) is 0.417. The number of benzene rings is 1. The van der Waals surface area contributed by atoms with Crippen molar-refractivity contribution in [3.05, 3.63) is 33.9 Å². The van der Waals surface area contributed by atoms with Crippen LogP contribution in [0.15, 0.2) is 18.2 Å². The van der Waals surface area contributed by atoms with Crippen molar-refractivity contribution >= 4 is 29.0 Å².